The minimum atomic E-state index is -0.465. The number of amides is 1. The molecule has 1 aliphatic carbocycles. The average Bonchev–Trinajstić information content (AvgIpc) is 2.73. The van der Waals surface area contributed by atoms with E-state index in [0.29, 0.717) is 42.9 Å². The number of para-hydroxylation sites is 1. The summed E-state index contributed by atoms with van der Waals surface area (Å²) in [6.45, 7) is 4.04. The second-order valence-electron chi connectivity index (χ2n) is 7.24. The summed E-state index contributed by atoms with van der Waals surface area (Å²) in [7, 11) is 0. The number of benzene rings is 2. The van der Waals surface area contributed by atoms with Gasteiger partial charge in [0.05, 0.1) is 5.69 Å². The van der Waals surface area contributed by atoms with Gasteiger partial charge in [-0.1, -0.05) is 36.9 Å². The highest BCUT2D eigenvalue weighted by atomic mass is 19.1. The molecule has 1 amide bonds. The van der Waals surface area contributed by atoms with Crippen LogP contribution in [0, 0.1) is 5.82 Å². The molecule has 2 aliphatic rings. The lowest BCUT2D eigenvalue weighted by Gasteiger charge is -2.38. The molecule has 0 bridgehead atoms. The summed E-state index contributed by atoms with van der Waals surface area (Å²) in [5.74, 6) is -0.236. The number of nitrogens with zero attached hydrogens (tertiary/aromatic N) is 1. The summed E-state index contributed by atoms with van der Waals surface area (Å²) < 4.78 is 20.0. The number of allylic oxidation sites excluding steroid dienone is 2. The van der Waals surface area contributed by atoms with E-state index in [1.807, 2.05) is 24.3 Å². The number of hydrogen-bond acceptors (Lipinski definition) is 3. The molecule has 1 atom stereocenters. The van der Waals surface area contributed by atoms with E-state index >= 15 is 0 Å². The zero-order valence-corrected chi connectivity index (χ0v) is 16.1. The second-order valence-corrected chi connectivity index (χ2v) is 7.24. The number of Topliss-reactive ketones (excluding diaryl/α,β-unsaturated/α-hetero) is 1. The number of hydrogen-bond donors (Lipinski definition) is 0. The van der Waals surface area contributed by atoms with E-state index in [0.717, 1.165) is 5.56 Å². The van der Waals surface area contributed by atoms with Gasteiger partial charge in [0.25, 0.3) is 0 Å². The fourth-order valence-corrected chi connectivity index (χ4v) is 4.14. The molecular formula is C24H22FNO3. The Balaban J connectivity index is 1.76. The topological polar surface area (TPSA) is 46.6 Å². The Morgan fingerprint density at radius 2 is 1.86 bits per heavy atom. The highest BCUT2D eigenvalue weighted by Crippen LogP contribution is 2.44. The number of anilines is 1. The first-order valence-electron chi connectivity index (χ1n) is 9.77. The van der Waals surface area contributed by atoms with Gasteiger partial charge < -0.3 is 4.74 Å². The number of halogens is 1. The highest BCUT2D eigenvalue weighted by molar-refractivity contribution is 6.07. The van der Waals surface area contributed by atoms with Crippen molar-refractivity contribution in [2.75, 3.05) is 11.5 Å². The second kappa shape index (κ2) is 8.03. The molecule has 4 rings (SSSR count). The van der Waals surface area contributed by atoms with Crippen molar-refractivity contribution in [2.24, 2.45) is 0 Å². The first kappa shape index (κ1) is 19.1. The maximum Gasteiger partial charge on any atom is 0.232 e. The van der Waals surface area contributed by atoms with E-state index in [-0.39, 0.29) is 29.7 Å². The van der Waals surface area contributed by atoms with Gasteiger partial charge in [0.2, 0.25) is 5.91 Å². The maximum absolute atomic E-state index is 14.4. The van der Waals surface area contributed by atoms with Crippen molar-refractivity contribution in [3.8, 4) is 5.75 Å². The van der Waals surface area contributed by atoms with Crippen LogP contribution in [-0.4, -0.2) is 18.3 Å². The molecular weight excluding hydrogens is 369 g/mol. The van der Waals surface area contributed by atoms with Crippen molar-refractivity contribution in [1.29, 1.82) is 0 Å². The number of carbonyl (C=O) groups excluding carboxylic acids is 2. The molecule has 1 aliphatic heterocycles. The Labute approximate surface area is 169 Å². The summed E-state index contributed by atoms with van der Waals surface area (Å²) in [6.07, 6.45) is 3.50. The van der Waals surface area contributed by atoms with Crippen LogP contribution in [0.5, 0.6) is 5.75 Å². The van der Waals surface area contributed by atoms with Crippen LogP contribution in [0.25, 0.3) is 0 Å². The largest absolute Gasteiger partial charge is 0.490 e. The van der Waals surface area contributed by atoms with Crippen molar-refractivity contribution >= 4 is 17.4 Å². The predicted molar refractivity (Wildman–Crippen MR) is 109 cm³/mol. The van der Waals surface area contributed by atoms with E-state index in [4.69, 9.17) is 4.74 Å². The van der Waals surface area contributed by atoms with Crippen molar-refractivity contribution < 1.29 is 18.7 Å². The van der Waals surface area contributed by atoms with E-state index in [1.54, 1.807) is 24.3 Å². The van der Waals surface area contributed by atoms with Crippen molar-refractivity contribution in [3.05, 3.63) is 83.8 Å². The molecule has 0 N–H and O–H groups in total. The van der Waals surface area contributed by atoms with E-state index in [9.17, 15) is 14.0 Å². The van der Waals surface area contributed by atoms with Gasteiger partial charge in [-0.05, 0) is 42.7 Å². The molecule has 0 saturated heterocycles. The fourth-order valence-electron chi connectivity index (χ4n) is 4.14. The van der Waals surface area contributed by atoms with Crippen LogP contribution >= 0.6 is 0 Å². The maximum atomic E-state index is 14.4. The molecule has 29 heavy (non-hydrogen) atoms. The summed E-state index contributed by atoms with van der Waals surface area (Å²) in [5, 5.41) is 0. The lowest BCUT2D eigenvalue weighted by Crippen LogP contribution is -2.41. The molecule has 5 heteroatoms. The standard InChI is InChI=1S/C24H22FNO3/c1-2-14-29-17-12-10-16(11-13-17)18-15-23(28)26(20-7-4-3-6-19(20)25)21-8-5-9-22(27)24(18)21/h2-4,6-7,10-13,18H,1,5,8-9,14-15H2. The van der Waals surface area contributed by atoms with Gasteiger partial charge >= 0.3 is 0 Å². The minimum Gasteiger partial charge on any atom is -0.490 e. The molecule has 0 fully saturated rings. The van der Waals surface area contributed by atoms with E-state index in [1.165, 1.54) is 11.0 Å². The van der Waals surface area contributed by atoms with E-state index < -0.39 is 5.82 Å². The number of ether oxygens (including phenoxy) is 1. The monoisotopic (exact) mass is 391 g/mol. The average molecular weight is 391 g/mol. The first-order valence-corrected chi connectivity index (χ1v) is 9.77. The Hall–Kier alpha value is -3.21. The summed E-state index contributed by atoms with van der Waals surface area (Å²) in [4.78, 5) is 27.4. The van der Waals surface area contributed by atoms with Crippen LogP contribution in [-0.2, 0) is 9.59 Å². The van der Waals surface area contributed by atoms with Crippen molar-refractivity contribution in [1.82, 2.24) is 0 Å². The Bertz CT molecular complexity index is 993. The quantitative estimate of drug-likeness (QED) is 0.680. The highest BCUT2D eigenvalue weighted by Gasteiger charge is 2.40. The first-order chi connectivity index (χ1) is 14.1. The number of carbonyl (C=O) groups is 2. The molecule has 1 heterocycles. The zero-order valence-electron chi connectivity index (χ0n) is 16.1. The van der Waals surface area contributed by atoms with Crippen LogP contribution in [0.2, 0.25) is 0 Å². The van der Waals surface area contributed by atoms with Crippen molar-refractivity contribution in [3.63, 3.8) is 0 Å². The molecule has 0 spiro atoms. The fraction of sp³-hybridized carbons (Fsp3) is 0.250. The van der Waals surface area contributed by atoms with Gasteiger partial charge in [-0.2, -0.15) is 0 Å². The molecule has 1 unspecified atom stereocenters. The third kappa shape index (κ3) is 3.60. The van der Waals surface area contributed by atoms with Gasteiger partial charge in [0.15, 0.2) is 5.78 Å². The lowest BCUT2D eigenvalue weighted by molar-refractivity contribution is -0.120. The SMILES string of the molecule is C=CCOc1ccc(C2CC(=O)N(c3ccccc3F)C3=C2C(=O)CCC3)cc1. The summed E-state index contributed by atoms with van der Waals surface area (Å²) >= 11 is 0. The third-order valence-electron chi connectivity index (χ3n) is 5.42. The molecule has 0 saturated carbocycles. The van der Waals surface area contributed by atoms with Crippen LogP contribution in [0.3, 0.4) is 0 Å². The Morgan fingerprint density at radius 3 is 2.59 bits per heavy atom. The van der Waals surface area contributed by atoms with Crippen LogP contribution < -0.4 is 9.64 Å². The summed E-state index contributed by atoms with van der Waals surface area (Å²) in [5.41, 5.74) is 2.38. The van der Waals surface area contributed by atoms with Crippen LogP contribution in [0.4, 0.5) is 10.1 Å². The Morgan fingerprint density at radius 1 is 1.10 bits per heavy atom. The van der Waals surface area contributed by atoms with Gasteiger partial charge in [-0.3, -0.25) is 14.5 Å². The number of rotatable bonds is 5. The number of ketones is 1. The molecule has 2 aromatic carbocycles. The molecule has 4 nitrogen and oxygen atoms in total. The van der Waals surface area contributed by atoms with Crippen LogP contribution in [0.15, 0.2) is 72.5 Å². The van der Waals surface area contributed by atoms with E-state index in [2.05, 4.69) is 6.58 Å². The predicted octanol–water partition coefficient (Wildman–Crippen LogP) is 4.92. The molecule has 0 aromatic heterocycles. The molecule has 2 aromatic rings. The normalized spacial score (nSPS) is 19.2. The van der Waals surface area contributed by atoms with Gasteiger partial charge in [-0.15, -0.1) is 0 Å². The molecule has 0 radical (unpaired) electrons. The van der Waals surface area contributed by atoms with Crippen molar-refractivity contribution in [2.45, 2.75) is 31.6 Å². The van der Waals surface area contributed by atoms with Gasteiger partial charge in [0, 0.05) is 30.0 Å². The summed E-state index contributed by atoms with van der Waals surface area (Å²) in [6, 6.07) is 13.7. The zero-order chi connectivity index (χ0) is 20.4. The minimum absolute atomic E-state index is 0.0390. The Kier molecular flexibility index (Phi) is 5.30. The van der Waals surface area contributed by atoms with Crippen LogP contribution in [0.1, 0.15) is 37.2 Å². The smallest absolute Gasteiger partial charge is 0.232 e. The lowest BCUT2D eigenvalue weighted by atomic mass is 9.77. The van der Waals surface area contributed by atoms with Gasteiger partial charge in [-0.25, -0.2) is 4.39 Å². The third-order valence-corrected chi connectivity index (χ3v) is 5.42. The molecule has 148 valence electrons. The van der Waals surface area contributed by atoms with Gasteiger partial charge in [0.1, 0.15) is 18.2 Å².